The zero-order valence-electron chi connectivity index (χ0n) is 19.7. The number of nitrogens with zero attached hydrogens (tertiary/aromatic N) is 7. The summed E-state index contributed by atoms with van der Waals surface area (Å²) in [6.07, 6.45) is 6.03. The van der Waals surface area contributed by atoms with Gasteiger partial charge in [-0.25, -0.2) is 9.97 Å². The summed E-state index contributed by atoms with van der Waals surface area (Å²) in [5.74, 6) is 2.55. The van der Waals surface area contributed by atoms with E-state index in [0.29, 0.717) is 24.1 Å². The molecule has 0 saturated carbocycles. The molecule has 4 aromatic rings. The van der Waals surface area contributed by atoms with Gasteiger partial charge in [0.1, 0.15) is 5.82 Å². The van der Waals surface area contributed by atoms with E-state index in [-0.39, 0.29) is 0 Å². The van der Waals surface area contributed by atoms with Crippen LogP contribution in [0.1, 0.15) is 18.2 Å². The maximum atomic E-state index is 9.12. The average Bonchev–Trinajstić information content (AvgIpc) is 3.56. The number of likely N-dealkylation sites (N-methyl/N-ethyl adjacent to an activating group) is 1. The van der Waals surface area contributed by atoms with E-state index < -0.39 is 0 Å². The minimum Gasteiger partial charge on any atom is -0.355 e. The van der Waals surface area contributed by atoms with Crippen molar-refractivity contribution in [1.29, 1.82) is 5.26 Å². The zero-order chi connectivity index (χ0) is 23.4. The summed E-state index contributed by atoms with van der Waals surface area (Å²) >= 11 is 0. The topological polar surface area (TPSA) is 65.9 Å². The third kappa shape index (κ3) is 3.30. The van der Waals surface area contributed by atoms with Crippen LogP contribution in [0, 0.1) is 17.2 Å². The Bertz CT molecular complexity index is 1400. The molecule has 0 unspecified atom stereocenters. The van der Waals surface area contributed by atoms with Crippen LogP contribution in [-0.4, -0.2) is 57.2 Å². The molecule has 0 radical (unpaired) electrons. The molecule has 1 saturated heterocycles. The summed E-state index contributed by atoms with van der Waals surface area (Å²) in [5.41, 5.74) is 6.04. The first-order valence-corrected chi connectivity index (χ1v) is 11.7. The predicted molar refractivity (Wildman–Crippen MR) is 133 cm³/mol. The second kappa shape index (κ2) is 7.86. The number of imidazole rings is 1. The van der Waals surface area contributed by atoms with E-state index in [4.69, 9.17) is 10.2 Å². The van der Waals surface area contributed by atoms with Crippen molar-refractivity contribution in [3.05, 3.63) is 72.3 Å². The van der Waals surface area contributed by atoms with E-state index in [9.17, 15) is 0 Å². The van der Waals surface area contributed by atoms with Crippen molar-refractivity contribution in [3.8, 4) is 34.4 Å². The van der Waals surface area contributed by atoms with E-state index in [2.05, 4.69) is 75.4 Å². The number of hydrogen-bond acceptors (Lipinski definition) is 5. The lowest BCUT2D eigenvalue weighted by Crippen LogP contribution is -2.34. The van der Waals surface area contributed by atoms with Crippen molar-refractivity contribution in [2.24, 2.45) is 5.92 Å². The number of hydrogen-bond donors (Lipinski definition) is 0. The summed E-state index contributed by atoms with van der Waals surface area (Å²) in [7, 11) is 4.32. The molecule has 34 heavy (non-hydrogen) atoms. The lowest BCUT2D eigenvalue weighted by molar-refractivity contribution is 0.266. The molecule has 3 aromatic heterocycles. The SMILES string of the molecule is C[C@H]1CN(c2ccc3c(n2)Cn2cc(-c4ccc(C#N)cc4)cc2-c2nccn2-3)C[C@H]1N(C)C. The van der Waals surface area contributed by atoms with E-state index in [1.807, 2.05) is 36.7 Å². The molecule has 0 spiro atoms. The van der Waals surface area contributed by atoms with Gasteiger partial charge < -0.3 is 14.4 Å². The Morgan fingerprint density at radius 3 is 2.62 bits per heavy atom. The number of aromatic nitrogens is 4. The highest BCUT2D eigenvalue weighted by Gasteiger charge is 2.32. The van der Waals surface area contributed by atoms with Gasteiger partial charge in [-0.05, 0) is 55.9 Å². The highest BCUT2D eigenvalue weighted by atomic mass is 15.3. The van der Waals surface area contributed by atoms with Crippen LogP contribution in [0.3, 0.4) is 0 Å². The van der Waals surface area contributed by atoms with Gasteiger partial charge in [-0.2, -0.15) is 5.26 Å². The Labute approximate surface area is 199 Å². The Morgan fingerprint density at radius 1 is 1.06 bits per heavy atom. The molecule has 2 aliphatic rings. The van der Waals surface area contributed by atoms with Crippen molar-refractivity contribution in [2.75, 3.05) is 32.1 Å². The molecular weight excluding hydrogens is 422 g/mol. The number of anilines is 1. The van der Waals surface area contributed by atoms with Gasteiger partial charge >= 0.3 is 0 Å². The Hall–Kier alpha value is -3.89. The smallest absolute Gasteiger partial charge is 0.161 e. The molecule has 7 heteroatoms. The highest BCUT2D eigenvalue weighted by Crippen LogP contribution is 2.35. The summed E-state index contributed by atoms with van der Waals surface area (Å²) in [5, 5.41) is 9.12. The molecule has 2 aliphatic heterocycles. The van der Waals surface area contributed by atoms with Gasteiger partial charge in [0.2, 0.25) is 0 Å². The minimum atomic E-state index is 0.534. The average molecular weight is 450 g/mol. The van der Waals surface area contributed by atoms with Crippen LogP contribution in [0.25, 0.3) is 28.3 Å². The minimum absolute atomic E-state index is 0.534. The molecule has 170 valence electrons. The van der Waals surface area contributed by atoms with Crippen molar-refractivity contribution in [3.63, 3.8) is 0 Å². The molecule has 0 bridgehead atoms. The van der Waals surface area contributed by atoms with Crippen LogP contribution in [0.2, 0.25) is 0 Å². The molecule has 0 N–H and O–H groups in total. The van der Waals surface area contributed by atoms with Gasteiger partial charge in [-0.1, -0.05) is 19.1 Å². The number of fused-ring (bicyclic) bond motifs is 5. The van der Waals surface area contributed by atoms with Gasteiger partial charge in [0, 0.05) is 43.3 Å². The summed E-state index contributed by atoms with van der Waals surface area (Å²) < 4.78 is 4.38. The molecule has 1 fully saturated rings. The molecule has 6 rings (SSSR count). The molecule has 5 heterocycles. The van der Waals surface area contributed by atoms with E-state index in [0.717, 1.165) is 52.9 Å². The first-order chi connectivity index (χ1) is 16.5. The largest absolute Gasteiger partial charge is 0.355 e. The van der Waals surface area contributed by atoms with Gasteiger partial charge in [-0.3, -0.25) is 4.57 Å². The molecule has 0 amide bonds. The number of nitriles is 1. The van der Waals surface area contributed by atoms with Crippen molar-refractivity contribution in [1.82, 2.24) is 24.0 Å². The van der Waals surface area contributed by atoms with Crippen LogP contribution in [0.4, 0.5) is 5.82 Å². The zero-order valence-corrected chi connectivity index (χ0v) is 19.7. The van der Waals surface area contributed by atoms with Crippen LogP contribution < -0.4 is 4.90 Å². The molecule has 2 atom stereocenters. The monoisotopic (exact) mass is 449 g/mol. The first-order valence-electron chi connectivity index (χ1n) is 11.7. The molecule has 1 aromatic carbocycles. The second-order valence-corrected chi connectivity index (χ2v) is 9.60. The van der Waals surface area contributed by atoms with Crippen LogP contribution in [0.15, 0.2) is 61.1 Å². The number of benzene rings is 1. The molecule has 7 nitrogen and oxygen atoms in total. The second-order valence-electron chi connectivity index (χ2n) is 9.60. The molecule has 0 aliphatic carbocycles. The lowest BCUT2D eigenvalue weighted by atomic mass is 10.1. The van der Waals surface area contributed by atoms with Crippen LogP contribution in [0.5, 0.6) is 0 Å². The van der Waals surface area contributed by atoms with Gasteiger partial charge in [0.25, 0.3) is 0 Å². The molecular formula is C27H27N7. The number of pyridine rings is 1. The van der Waals surface area contributed by atoms with E-state index in [1.165, 1.54) is 0 Å². The van der Waals surface area contributed by atoms with Crippen molar-refractivity contribution >= 4 is 5.82 Å². The Balaban J connectivity index is 1.40. The van der Waals surface area contributed by atoms with Crippen molar-refractivity contribution in [2.45, 2.75) is 19.5 Å². The van der Waals surface area contributed by atoms with Gasteiger partial charge in [-0.15, -0.1) is 0 Å². The van der Waals surface area contributed by atoms with Gasteiger partial charge in [0.05, 0.1) is 35.3 Å². The lowest BCUT2D eigenvalue weighted by Gasteiger charge is -2.23. The fraction of sp³-hybridized carbons (Fsp3) is 0.296. The number of rotatable bonds is 3. The fourth-order valence-corrected chi connectivity index (χ4v) is 5.38. The predicted octanol–water partition coefficient (Wildman–Crippen LogP) is 4.02. The Kier molecular flexibility index (Phi) is 4.78. The summed E-state index contributed by atoms with van der Waals surface area (Å²) in [6.45, 7) is 5.01. The van der Waals surface area contributed by atoms with Gasteiger partial charge in [0.15, 0.2) is 5.82 Å². The first kappa shape index (κ1) is 20.7. The normalized spacial score (nSPS) is 18.9. The third-order valence-electron chi connectivity index (χ3n) is 7.19. The van der Waals surface area contributed by atoms with E-state index in [1.54, 1.807) is 0 Å². The fourth-order valence-electron chi connectivity index (χ4n) is 5.38. The maximum Gasteiger partial charge on any atom is 0.161 e. The van der Waals surface area contributed by atoms with Crippen LogP contribution in [-0.2, 0) is 6.54 Å². The quantitative estimate of drug-likeness (QED) is 0.416. The van der Waals surface area contributed by atoms with E-state index >= 15 is 0 Å². The maximum absolute atomic E-state index is 9.12. The third-order valence-corrected chi connectivity index (χ3v) is 7.19. The van der Waals surface area contributed by atoms with Crippen molar-refractivity contribution < 1.29 is 0 Å². The standard InChI is InChI=1S/C27H27N7/c1-18-14-33(17-25(18)31(2)3)26-9-8-23-22(30-26)16-32-15-21(20-6-4-19(13-28)5-7-20)12-24(32)27-29-10-11-34(23)27/h4-12,15,18,25H,14,16-17H2,1-3H3/t18-,25+/m0/s1. The van der Waals surface area contributed by atoms with Crippen LogP contribution >= 0.6 is 0 Å². The summed E-state index contributed by atoms with van der Waals surface area (Å²) in [4.78, 5) is 14.6. The summed E-state index contributed by atoms with van der Waals surface area (Å²) in [6, 6.07) is 17.0. The Morgan fingerprint density at radius 2 is 1.88 bits per heavy atom. The highest BCUT2D eigenvalue weighted by molar-refractivity contribution is 5.72.